The molecule has 3 amide bonds. The summed E-state index contributed by atoms with van der Waals surface area (Å²) in [6.45, 7) is 4.94. The van der Waals surface area contributed by atoms with Crippen molar-refractivity contribution in [1.29, 1.82) is 0 Å². The number of fused-ring (bicyclic) bond motifs is 1. The van der Waals surface area contributed by atoms with Crippen LogP contribution in [0.15, 0.2) is 59.0 Å². The van der Waals surface area contributed by atoms with Crippen LogP contribution >= 0.6 is 0 Å². The van der Waals surface area contributed by atoms with Crippen molar-refractivity contribution in [2.45, 2.75) is 76.5 Å². The number of hydrogen-bond donors (Lipinski definition) is 3. The standard InChI is InChI=1S/C34H40FN3O7/c1-34(2,3)45-33(43)37-26(19-35)21-9-11-22(12-10-21)31(40)38-16-15-25(20-7-5-4-6-8-20)29(38)30(39)36-24-13-14-27-23(17-24)18-28(44-27)32(41)42/h4-8,13-14,17-18,21-22,25-26,29H,9-12,15-16,19H2,1-3H3,(H,36,39)(H,37,43)(H,41,42)/t21?,22?,25-,26+,29-/m0/s1. The number of carboxylic acids is 1. The number of furan rings is 1. The second-order valence-corrected chi connectivity index (χ2v) is 13.0. The molecule has 45 heavy (non-hydrogen) atoms. The average Bonchev–Trinajstić information content (AvgIpc) is 3.64. The van der Waals surface area contributed by atoms with Crippen molar-refractivity contribution in [3.8, 4) is 0 Å². The Balaban J connectivity index is 1.29. The molecule has 3 N–H and O–H groups in total. The van der Waals surface area contributed by atoms with E-state index in [0.29, 0.717) is 55.3 Å². The molecule has 2 aliphatic rings. The first kappa shape index (κ1) is 32.0. The maximum atomic E-state index is 14.0. The molecule has 240 valence electrons. The van der Waals surface area contributed by atoms with E-state index in [-0.39, 0.29) is 35.3 Å². The molecule has 5 rings (SSSR count). The van der Waals surface area contributed by atoms with Crippen LogP contribution < -0.4 is 10.6 Å². The van der Waals surface area contributed by atoms with Crippen LogP contribution in [0.2, 0.25) is 0 Å². The Morgan fingerprint density at radius 3 is 2.38 bits per heavy atom. The van der Waals surface area contributed by atoms with Crippen LogP contribution in [0.4, 0.5) is 14.9 Å². The summed E-state index contributed by atoms with van der Waals surface area (Å²) < 4.78 is 24.6. The van der Waals surface area contributed by atoms with Crippen molar-refractivity contribution in [2.75, 3.05) is 18.5 Å². The highest BCUT2D eigenvalue weighted by atomic mass is 19.1. The topological polar surface area (TPSA) is 138 Å². The molecule has 1 aliphatic carbocycles. The zero-order valence-corrected chi connectivity index (χ0v) is 25.8. The van der Waals surface area contributed by atoms with E-state index in [1.165, 1.54) is 6.07 Å². The molecule has 1 saturated carbocycles. The minimum absolute atomic E-state index is 0.0969. The Morgan fingerprint density at radius 2 is 1.73 bits per heavy atom. The quantitative estimate of drug-likeness (QED) is 0.275. The normalized spacial score (nSPS) is 22.5. The minimum atomic E-state index is -1.18. The lowest BCUT2D eigenvalue weighted by molar-refractivity contribution is -0.141. The van der Waals surface area contributed by atoms with Crippen molar-refractivity contribution >= 4 is 40.5 Å². The number of nitrogens with one attached hydrogen (secondary N) is 2. The van der Waals surface area contributed by atoms with Gasteiger partial charge in [0, 0.05) is 29.5 Å². The van der Waals surface area contributed by atoms with Crippen LogP contribution in [-0.4, -0.2) is 64.8 Å². The molecule has 1 aromatic heterocycles. The number of carbonyl (C=O) groups excluding carboxylic acids is 3. The first-order valence-electron chi connectivity index (χ1n) is 15.4. The molecular weight excluding hydrogens is 581 g/mol. The van der Waals surface area contributed by atoms with Crippen LogP contribution in [0.25, 0.3) is 11.0 Å². The van der Waals surface area contributed by atoms with Gasteiger partial charge in [0.15, 0.2) is 0 Å². The lowest BCUT2D eigenvalue weighted by atomic mass is 9.78. The van der Waals surface area contributed by atoms with E-state index >= 15 is 0 Å². The van der Waals surface area contributed by atoms with Crippen molar-refractivity contribution in [3.05, 3.63) is 65.9 Å². The molecule has 2 fully saturated rings. The number of ether oxygens (including phenoxy) is 1. The van der Waals surface area contributed by atoms with Crippen LogP contribution in [-0.2, 0) is 14.3 Å². The van der Waals surface area contributed by atoms with Gasteiger partial charge < -0.3 is 29.8 Å². The van der Waals surface area contributed by atoms with E-state index in [9.17, 15) is 28.7 Å². The summed E-state index contributed by atoms with van der Waals surface area (Å²) in [5.41, 5.74) is 1.12. The Morgan fingerprint density at radius 1 is 1.02 bits per heavy atom. The van der Waals surface area contributed by atoms with Crippen LogP contribution in [0.3, 0.4) is 0 Å². The zero-order chi connectivity index (χ0) is 32.3. The third-order valence-corrected chi connectivity index (χ3v) is 8.73. The van der Waals surface area contributed by atoms with E-state index in [0.717, 1.165) is 5.56 Å². The molecule has 0 radical (unpaired) electrons. The first-order valence-corrected chi connectivity index (χ1v) is 15.4. The number of benzene rings is 2. The summed E-state index contributed by atoms with van der Waals surface area (Å²) in [5, 5.41) is 15.4. The number of aromatic carboxylic acids is 1. The summed E-state index contributed by atoms with van der Waals surface area (Å²) in [7, 11) is 0. The molecule has 0 bridgehead atoms. The van der Waals surface area contributed by atoms with E-state index in [2.05, 4.69) is 10.6 Å². The monoisotopic (exact) mass is 621 g/mol. The summed E-state index contributed by atoms with van der Waals surface area (Å²) in [6, 6.07) is 14.5. The van der Waals surface area contributed by atoms with Gasteiger partial charge in [-0.15, -0.1) is 0 Å². The molecule has 2 heterocycles. The van der Waals surface area contributed by atoms with Crippen LogP contribution in [0.1, 0.15) is 74.9 Å². The lowest BCUT2D eigenvalue weighted by Crippen LogP contribution is -2.49. The average molecular weight is 622 g/mol. The Kier molecular flexibility index (Phi) is 9.45. The number of likely N-dealkylation sites (tertiary alicyclic amines) is 1. The number of nitrogens with zero attached hydrogens (tertiary/aromatic N) is 1. The van der Waals surface area contributed by atoms with Crippen molar-refractivity contribution in [3.63, 3.8) is 0 Å². The molecule has 1 aliphatic heterocycles. The third kappa shape index (κ3) is 7.46. The molecule has 1 saturated heterocycles. The van der Waals surface area contributed by atoms with Crippen LogP contribution in [0.5, 0.6) is 0 Å². The van der Waals surface area contributed by atoms with Gasteiger partial charge in [0.2, 0.25) is 17.6 Å². The number of alkyl carbamates (subject to hydrolysis) is 1. The maximum absolute atomic E-state index is 14.0. The number of hydrogen-bond acceptors (Lipinski definition) is 6. The molecular formula is C34H40FN3O7. The molecule has 0 spiro atoms. The predicted octanol–water partition coefficient (Wildman–Crippen LogP) is 6.12. The van der Waals surface area contributed by atoms with E-state index < -0.39 is 36.4 Å². The predicted molar refractivity (Wildman–Crippen MR) is 166 cm³/mol. The Bertz CT molecular complexity index is 1540. The fourth-order valence-electron chi connectivity index (χ4n) is 6.60. The van der Waals surface area contributed by atoms with Gasteiger partial charge >= 0.3 is 12.1 Å². The third-order valence-electron chi connectivity index (χ3n) is 8.73. The number of rotatable bonds is 8. The lowest BCUT2D eigenvalue weighted by Gasteiger charge is -2.36. The number of amides is 3. The summed E-state index contributed by atoms with van der Waals surface area (Å²) in [4.78, 5) is 53.2. The van der Waals surface area contributed by atoms with Crippen molar-refractivity contribution in [1.82, 2.24) is 10.2 Å². The van der Waals surface area contributed by atoms with Crippen LogP contribution in [0, 0.1) is 11.8 Å². The molecule has 11 heteroatoms. The number of halogens is 1. The van der Waals surface area contributed by atoms with Gasteiger partial charge in [-0.2, -0.15) is 0 Å². The molecule has 10 nitrogen and oxygen atoms in total. The number of carbonyl (C=O) groups is 4. The number of carboxylic acid groups (broad SMARTS) is 1. The highest BCUT2D eigenvalue weighted by Crippen LogP contribution is 2.39. The van der Waals surface area contributed by atoms with Gasteiger partial charge in [0.1, 0.15) is 23.9 Å². The van der Waals surface area contributed by atoms with Gasteiger partial charge in [0.05, 0.1) is 6.04 Å². The smallest absolute Gasteiger partial charge is 0.407 e. The fourth-order valence-corrected chi connectivity index (χ4v) is 6.60. The minimum Gasteiger partial charge on any atom is -0.475 e. The highest BCUT2D eigenvalue weighted by Gasteiger charge is 2.45. The summed E-state index contributed by atoms with van der Waals surface area (Å²) in [5.74, 6) is -2.46. The Hall–Kier alpha value is -4.41. The number of anilines is 1. The van der Waals surface area contributed by atoms with Crippen molar-refractivity contribution < 1.29 is 37.8 Å². The second-order valence-electron chi connectivity index (χ2n) is 13.0. The largest absolute Gasteiger partial charge is 0.475 e. The van der Waals surface area contributed by atoms with E-state index in [1.54, 1.807) is 43.9 Å². The fraction of sp³-hybridized carbons (Fsp3) is 0.471. The number of alkyl halides is 1. The first-order chi connectivity index (χ1) is 21.4. The second kappa shape index (κ2) is 13.3. The van der Waals surface area contributed by atoms with Gasteiger partial charge in [0.25, 0.3) is 0 Å². The SMILES string of the molecule is CC(C)(C)OC(=O)N[C@H](CF)C1CCC(C(=O)N2CC[C@@H](c3ccccc3)[C@H]2C(=O)Nc2ccc3oc(C(=O)O)cc3c2)CC1. The maximum Gasteiger partial charge on any atom is 0.407 e. The molecule has 0 unspecified atom stereocenters. The highest BCUT2D eigenvalue weighted by molar-refractivity contribution is 6.00. The van der Waals surface area contributed by atoms with Gasteiger partial charge in [-0.1, -0.05) is 30.3 Å². The van der Waals surface area contributed by atoms with E-state index in [4.69, 9.17) is 9.15 Å². The summed E-state index contributed by atoms with van der Waals surface area (Å²) in [6.07, 6.45) is 2.15. The molecule has 3 aromatic rings. The van der Waals surface area contributed by atoms with Gasteiger partial charge in [-0.3, -0.25) is 9.59 Å². The van der Waals surface area contributed by atoms with Crippen molar-refractivity contribution in [2.24, 2.45) is 11.8 Å². The van der Waals surface area contributed by atoms with E-state index in [1.807, 2.05) is 30.3 Å². The van der Waals surface area contributed by atoms with Gasteiger partial charge in [-0.25, -0.2) is 14.0 Å². The zero-order valence-electron chi connectivity index (χ0n) is 25.8. The summed E-state index contributed by atoms with van der Waals surface area (Å²) >= 11 is 0. The van der Waals surface area contributed by atoms with Gasteiger partial charge in [-0.05, 0) is 88.6 Å². The molecule has 2 aromatic carbocycles. The Labute approximate surface area is 261 Å². The molecule has 3 atom stereocenters.